The highest BCUT2D eigenvalue weighted by Crippen LogP contribution is 2.61. The molecule has 324 valence electrons. The number of rotatable bonds is 36. The van der Waals surface area contributed by atoms with Gasteiger partial charge in [-0.1, -0.05) is 152 Å². The minimum atomic E-state index is -2.89. The van der Waals surface area contributed by atoms with Crippen LogP contribution in [0.2, 0.25) is 0 Å². The topological polar surface area (TPSA) is 54.0 Å². The molecule has 3 fully saturated rings. The Morgan fingerprint density at radius 3 is 1.41 bits per heavy atom. The summed E-state index contributed by atoms with van der Waals surface area (Å²) in [5.74, 6) is 0.291. The lowest BCUT2D eigenvalue weighted by Gasteiger charge is -2.54. The van der Waals surface area contributed by atoms with E-state index in [1.165, 1.54) is 161 Å². The number of ether oxygens (including phenoxy) is 2. The Kier molecular flexibility index (Phi) is 26.6. The van der Waals surface area contributed by atoms with Crippen molar-refractivity contribution in [3.05, 3.63) is 48.6 Å². The van der Waals surface area contributed by atoms with Gasteiger partial charge in [-0.05, 0) is 114 Å². The van der Waals surface area contributed by atoms with Gasteiger partial charge in [0.25, 0.3) is 0 Å². The van der Waals surface area contributed by atoms with Gasteiger partial charge in [0.2, 0.25) is 0 Å². The summed E-state index contributed by atoms with van der Waals surface area (Å²) in [6, 6.07) is 0. The first kappa shape index (κ1) is 49.4. The first-order chi connectivity index (χ1) is 27.3. The Morgan fingerprint density at radius 2 is 0.982 bits per heavy atom. The van der Waals surface area contributed by atoms with Crippen LogP contribution in [-0.4, -0.2) is 38.4 Å². The Morgan fingerprint density at radius 1 is 0.571 bits per heavy atom. The molecule has 3 aliphatic rings. The molecule has 1 heterocycles. The summed E-state index contributed by atoms with van der Waals surface area (Å²) in [5.41, 5.74) is 0.412. The fourth-order valence-corrected chi connectivity index (χ4v) is 10.1. The third-order valence-electron chi connectivity index (χ3n) is 12.8. The monoisotopic (exact) mass is 801 g/mol. The summed E-state index contributed by atoms with van der Waals surface area (Å²) in [5, 5.41) is 0. The van der Waals surface area contributed by atoms with Crippen LogP contribution in [-0.2, 0) is 23.1 Å². The van der Waals surface area contributed by atoms with Crippen molar-refractivity contribution in [3.63, 3.8) is 0 Å². The second kappa shape index (κ2) is 30.1. The molecule has 0 amide bonds. The highest BCUT2D eigenvalue weighted by Gasteiger charge is 2.62. The molecule has 6 heteroatoms. The zero-order valence-corrected chi connectivity index (χ0v) is 38.1. The van der Waals surface area contributed by atoms with E-state index in [0.717, 1.165) is 51.4 Å². The van der Waals surface area contributed by atoms with Crippen LogP contribution in [0.5, 0.6) is 0 Å². The van der Waals surface area contributed by atoms with Gasteiger partial charge in [0, 0.05) is 26.6 Å². The van der Waals surface area contributed by atoms with Crippen LogP contribution >= 0.6 is 7.60 Å². The van der Waals surface area contributed by atoms with Gasteiger partial charge in [-0.15, -0.1) is 0 Å². The molecule has 0 aromatic heterocycles. The predicted molar refractivity (Wildman–Crippen MR) is 241 cm³/mol. The van der Waals surface area contributed by atoms with E-state index in [1.807, 2.05) is 0 Å². The number of allylic oxidation sites excluding steroid dienone is 8. The zero-order chi connectivity index (χ0) is 40.1. The second-order valence-electron chi connectivity index (χ2n) is 18.0. The normalized spacial score (nSPS) is 22.7. The van der Waals surface area contributed by atoms with Crippen LogP contribution in [0.25, 0.3) is 0 Å². The maximum absolute atomic E-state index is 12.0. The second-order valence-corrected chi connectivity index (χ2v) is 20.2. The summed E-state index contributed by atoms with van der Waals surface area (Å²) in [7, 11) is -1.44. The SMILES string of the molecule is CCCCC/C=C\C/C=C\CCCCCCCCC1(CCCCCCCC/C=C\C/C=C\CCCCC)CC2(C1)O[C@H]1CC(CCCOP(C)(=O)OC)C[C@H]1O2. The quantitative estimate of drug-likeness (QED) is 0.0359. The summed E-state index contributed by atoms with van der Waals surface area (Å²) in [4.78, 5) is 0. The van der Waals surface area contributed by atoms with Crippen LogP contribution in [0.3, 0.4) is 0 Å². The van der Waals surface area contributed by atoms with Crippen molar-refractivity contribution in [1.82, 2.24) is 0 Å². The van der Waals surface area contributed by atoms with Crippen molar-refractivity contribution in [1.29, 1.82) is 0 Å². The Hall–Kier alpha value is -0.970. The molecule has 2 unspecified atom stereocenters. The van der Waals surface area contributed by atoms with Crippen LogP contribution in [0.15, 0.2) is 48.6 Å². The minimum Gasteiger partial charge on any atom is -0.344 e. The van der Waals surface area contributed by atoms with Gasteiger partial charge >= 0.3 is 7.60 Å². The molecule has 56 heavy (non-hydrogen) atoms. The van der Waals surface area contributed by atoms with E-state index in [0.29, 0.717) is 17.9 Å². The number of hydrogen-bond acceptors (Lipinski definition) is 5. The van der Waals surface area contributed by atoms with E-state index >= 15 is 0 Å². The Bertz CT molecular complexity index is 1070. The molecule has 1 spiro atoms. The lowest BCUT2D eigenvalue weighted by molar-refractivity contribution is -0.281. The van der Waals surface area contributed by atoms with Gasteiger partial charge in [-0.2, -0.15) is 0 Å². The van der Waals surface area contributed by atoms with Crippen molar-refractivity contribution < 1.29 is 23.1 Å². The minimum absolute atomic E-state index is 0.249. The van der Waals surface area contributed by atoms with Crippen molar-refractivity contribution in [2.75, 3.05) is 20.4 Å². The van der Waals surface area contributed by atoms with Gasteiger partial charge < -0.3 is 18.5 Å². The molecule has 3 rings (SSSR count). The van der Waals surface area contributed by atoms with Crippen molar-refractivity contribution in [2.24, 2.45) is 11.3 Å². The summed E-state index contributed by atoms with van der Waals surface area (Å²) in [6.07, 6.45) is 59.9. The summed E-state index contributed by atoms with van der Waals surface area (Å²) >= 11 is 0. The van der Waals surface area contributed by atoms with Crippen molar-refractivity contribution >= 4 is 7.60 Å². The summed E-state index contributed by atoms with van der Waals surface area (Å²) in [6.45, 7) is 6.57. The van der Waals surface area contributed by atoms with Crippen LogP contribution in [0, 0.1) is 11.3 Å². The van der Waals surface area contributed by atoms with Gasteiger partial charge in [0.15, 0.2) is 5.79 Å². The molecule has 0 aromatic carbocycles. The van der Waals surface area contributed by atoms with Gasteiger partial charge in [0.05, 0.1) is 18.8 Å². The molecule has 2 aliphatic carbocycles. The molecular formula is C50H89O5P. The first-order valence-electron chi connectivity index (χ1n) is 24.1. The molecule has 1 aliphatic heterocycles. The largest absolute Gasteiger partial charge is 0.344 e. The Balaban J connectivity index is 1.30. The van der Waals surface area contributed by atoms with E-state index in [9.17, 15) is 4.57 Å². The average Bonchev–Trinajstić information content (AvgIpc) is 3.72. The standard InChI is InChI=1S/C50H89O5P/c1-5-7-9-11-13-15-17-19-21-23-25-27-29-31-33-35-39-49(40-36-34-32-30-28-26-24-22-20-18-16-14-12-10-8-6-2)44-50(45-49)54-47-42-46(43-48(47)55-50)38-37-41-53-56(4,51)52-3/h13-16,19-22,46-48H,5-12,17-18,23-45H2,1-4H3/b15-13-,16-14-,21-19-,22-20-/t46?,47-,48+,56?. The zero-order valence-electron chi connectivity index (χ0n) is 37.2. The highest BCUT2D eigenvalue weighted by atomic mass is 31.2. The molecule has 5 nitrogen and oxygen atoms in total. The molecule has 2 saturated carbocycles. The lowest BCUT2D eigenvalue weighted by atomic mass is 9.59. The van der Waals surface area contributed by atoms with E-state index in [4.69, 9.17) is 18.5 Å². The first-order valence-corrected chi connectivity index (χ1v) is 26.1. The maximum Gasteiger partial charge on any atom is 0.327 e. The molecular weight excluding hydrogens is 712 g/mol. The number of hydrogen-bond donors (Lipinski definition) is 0. The Labute approximate surface area is 347 Å². The molecule has 0 aromatic rings. The van der Waals surface area contributed by atoms with Crippen LogP contribution < -0.4 is 0 Å². The third-order valence-corrected chi connectivity index (χ3v) is 14.1. The number of unbranched alkanes of at least 4 members (excludes halogenated alkanes) is 18. The fourth-order valence-electron chi connectivity index (χ4n) is 9.49. The smallest absolute Gasteiger partial charge is 0.327 e. The lowest BCUT2D eigenvalue weighted by Crippen LogP contribution is -2.53. The van der Waals surface area contributed by atoms with E-state index in [1.54, 1.807) is 6.66 Å². The van der Waals surface area contributed by atoms with Crippen molar-refractivity contribution in [3.8, 4) is 0 Å². The highest BCUT2D eigenvalue weighted by molar-refractivity contribution is 7.52. The number of fused-ring (bicyclic) bond motifs is 1. The average molecular weight is 801 g/mol. The van der Waals surface area contributed by atoms with Gasteiger partial charge in [0.1, 0.15) is 0 Å². The molecule has 0 radical (unpaired) electrons. The van der Waals surface area contributed by atoms with Crippen molar-refractivity contribution in [2.45, 2.75) is 237 Å². The van der Waals surface area contributed by atoms with Crippen LogP contribution in [0.1, 0.15) is 219 Å². The van der Waals surface area contributed by atoms with E-state index < -0.39 is 7.60 Å². The third kappa shape index (κ3) is 21.3. The fraction of sp³-hybridized carbons (Fsp3) is 0.840. The molecule has 0 N–H and O–H groups in total. The van der Waals surface area contributed by atoms with Crippen LogP contribution in [0.4, 0.5) is 0 Å². The summed E-state index contributed by atoms with van der Waals surface area (Å²) < 4.78 is 36.1. The van der Waals surface area contributed by atoms with E-state index in [2.05, 4.69) is 62.5 Å². The maximum atomic E-state index is 12.0. The van der Waals surface area contributed by atoms with E-state index in [-0.39, 0.29) is 18.0 Å². The molecule has 1 saturated heterocycles. The molecule has 0 bridgehead atoms. The predicted octanol–water partition coefficient (Wildman–Crippen LogP) is 16.3. The van der Waals surface area contributed by atoms with Gasteiger partial charge in [-0.3, -0.25) is 4.57 Å². The molecule has 4 atom stereocenters. The van der Waals surface area contributed by atoms with Gasteiger partial charge in [-0.25, -0.2) is 0 Å².